The predicted molar refractivity (Wildman–Crippen MR) is 106 cm³/mol. The number of nitrogens with zero attached hydrogens (tertiary/aromatic N) is 1. The Bertz CT molecular complexity index is 907. The van der Waals surface area contributed by atoms with Crippen molar-refractivity contribution >= 4 is 33.0 Å². The minimum absolute atomic E-state index is 0.176. The van der Waals surface area contributed by atoms with E-state index in [4.69, 9.17) is 0 Å². The highest BCUT2D eigenvalue weighted by Crippen LogP contribution is 2.31. The zero-order valence-electron chi connectivity index (χ0n) is 15.3. The third kappa shape index (κ3) is 3.56. The van der Waals surface area contributed by atoms with Crippen LogP contribution in [0.5, 0.6) is 0 Å². The number of rotatable bonds is 6. The summed E-state index contributed by atoms with van der Waals surface area (Å²) in [6.45, 7) is 6.31. The molecule has 3 rings (SSSR count). The van der Waals surface area contributed by atoms with Gasteiger partial charge in [-0.2, -0.15) is 4.31 Å². The molecule has 7 heteroatoms. The van der Waals surface area contributed by atoms with Gasteiger partial charge in [-0.1, -0.05) is 19.9 Å². The molecule has 1 aliphatic carbocycles. The molecule has 0 saturated heterocycles. The molecule has 26 heavy (non-hydrogen) atoms. The Hall–Kier alpha value is -1.70. The summed E-state index contributed by atoms with van der Waals surface area (Å²) in [5.41, 5.74) is 2.65. The molecule has 0 atom stereocenters. The van der Waals surface area contributed by atoms with Crippen LogP contribution in [-0.4, -0.2) is 31.7 Å². The summed E-state index contributed by atoms with van der Waals surface area (Å²) in [5.74, 6) is -0.176. The van der Waals surface area contributed by atoms with Crippen LogP contribution in [0.25, 0.3) is 0 Å². The fourth-order valence-corrected chi connectivity index (χ4v) is 5.87. The molecule has 0 unspecified atom stereocenters. The molecule has 0 spiro atoms. The second kappa shape index (κ2) is 7.50. The minimum atomic E-state index is -3.55. The van der Waals surface area contributed by atoms with Gasteiger partial charge in [-0.15, -0.1) is 11.3 Å². The fraction of sp³-hybridized carbons (Fsp3) is 0.421. The van der Waals surface area contributed by atoms with Crippen molar-refractivity contribution in [2.45, 2.75) is 44.9 Å². The molecule has 0 fully saturated rings. The molecule has 2 aromatic rings. The Labute approximate surface area is 159 Å². The van der Waals surface area contributed by atoms with E-state index in [2.05, 4.69) is 5.32 Å². The number of benzene rings is 1. The number of thiophene rings is 1. The van der Waals surface area contributed by atoms with Gasteiger partial charge in [0.05, 0.1) is 9.77 Å². The summed E-state index contributed by atoms with van der Waals surface area (Å²) in [4.78, 5) is 14.8. The Morgan fingerprint density at radius 2 is 1.92 bits per heavy atom. The number of anilines is 1. The molecule has 1 amide bonds. The quantitative estimate of drug-likeness (QED) is 0.812. The van der Waals surface area contributed by atoms with Crippen molar-refractivity contribution in [2.75, 3.05) is 18.4 Å². The van der Waals surface area contributed by atoms with Crippen LogP contribution in [-0.2, 0) is 22.9 Å². The minimum Gasteiger partial charge on any atom is -0.321 e. The number of hydrogen-bond donors (Lipinski definition) is 1. The van der Waals surface area contributed by atoms with Crippen molar-refractivity contribution in [3.05, 3.63) is 45.1 Å². The van der Waals surface area contributed by atoms with E-state index in [1.54, 1.807) is 18.2 Å². The lowest BCUT2D eigenvalue weighted by molar-refractivity contribution is 0.103. The van der Waals surface area contributed by atoms with E-state index in [1.165, 1.54) is 26.1 Å². The maximum atomic E-state index is 12.7. The first-order chi connectivity index (χ1) is 12.4. The van der Waals surface area contributed by atoms with Gasteiger partial charge in [-0.3, -0.25) is 4.79 Å². The molecule has 0 bridgehead atoms. The Morgan fingerprint density at radius 1 is 1.19 bits per heavy atom. The summed E-state index contributed by atoms with van der Waals surface area (Å²) >= 11 is 1.54. The zero-order chi connectivity index (χ0) is 18.9. The van der Waals surface area contributed by atoms with Crippen LogP contribution in [0.3, 0.4) is 0 Å². The lowest BCUT2D eigenvalue weighted by atomic mass is 10.2. The van der Waals surface area contributed by atoms with Crippen LogP contribution < -0.4 is 5.32 Å². The van der Waals surface area contributed by atoms with Crippen LogP contribution in [0.2, 0.25) is 0 Å². The number of aryl methyl sites for hydroxylation is 3. The second-order valence-corrected chi connectivity index (χ2v) is 9.51. The maximum absolute atomic E-state index is 12.7. The molecule has 1 heterocycles. The number of carbonyl (C=O) groups excluding carboxylic acids is 1. The molecular formula is C19H24N2O3S2. The monoisotopic (exact) mass is 392 g/mol. The predicted octanol–water partition coefficient (Wildman–Crippen LogP) is 3.83. The van der Waals surface area contributed by atoms with Crippen LogP contribution in [0.15, 0.2) is 29.2 Å². The number of carbonyl (C=O) groups is 1. The molecule has 0 saturated carbocycles. The SMILES string of the molecule is CCN(CC)S(=O)(=O)c1ccc(C)c(NC(=O)c2cc3c(s2)CCC3)c1. The van der Waals surface area contributed by atoms with Crippen LogP contribution >= 0.6 is 11.3 Å². The van der Waals surface area contributed by atoms with Crippen molar-refractivity contribution in [3.8, 4) is 0 Å². The number of sulfonamides is 1. The summed E-state index contributed by atoms with van der Waals surface area (Å²) in [5, 5.41) is 2.89. The number of amides is 1. The van der Waals surface area contributed by atoms with Crippen molar-refractivity contribution in [2.24, 2.45) is 0 Å². The first-order valence-electron chi connectivity index (χ1n) is 8.90. The molecule has 0 aliphatic heterocycles. The fourth-order valence-electron chi connectivity index (χ4n) is 3.23. The molecule has 1 N–H and O–H groups in total. The molecular weight excluding hydrogens is 368 g/mol. The van der Waals surface area contributed by atoms with E-state index >= 15 is 0 Å². The lowest BCUT2D eigenvalue weighted by Crippen LogP contribution is -2.30. The highest BCUT2D eigenvalue weighted by Gasteiger charge is 2.23. The van der Waals surface area contributed by atoms with Gasteiger partial charge in [0.25, 0.3) is 5.91 Å². The van der Waals surface area contributed by atoms with Crippen molar-refractivity contribution in [1.82, 2.24) is 4.31 Å². The highest BCUT2D eigenvalue weighted by molar-refractivity contribution is 7.89. The first kappa shape index (κ1) is 19.1. The van der Waals surface area contributed by atoms with E-state index < -0.39 is 10.0 Å². The molecule has 1 aromatic heterocycles. The van der Waals surface area contributed by atoms with Gasteiger partial charge in [0, 0.05) is 23.7 Å². The third-order valence-electron chi connectivity index (χ3n) is 4.77. The van der Waals surface area contributed by atoms with E-state index in [1.807, 2.05) is 26.8 Å². The van der Waals surface area contributed by atoms with Gasteiger partial charge in [0.1, 0.15) is 0 Å². The lowest BCUT2D eigenvalue weighted by Gasteiger charge is -2.19. The standard InChI is InChI=1S/C19H24N2O3S2/c1-4-21(5-2)26(23,24)15-10-9-13(3)16(12-15)20-19(22)18-11-14-7-6-8-17(14)25-18/h9-12H,4-8H2,1-3H3,(H,20,22). The van der Waals surface area contributed by atoms with Gasteiger partial charge in [0.15, 0.2) is 0 Å². The average molecular weight is 393 g/mol. The molecule has 0 radical (unpaired) electrons. The van der Waals surface area contributed by atoms with Crippen LogP contribution in [0.1, 0.15) is 45.9 Å². The highest BCUT2D eigenvalue weighted by atomic mass is 32.2. The number of fused-ring (bicyclic) bond motifs is 1. The van der Waals surface area contributed by atoms with E-state index in [-0.39, 0.29) is 10.8 Å². The smallest absolute Gasteiger partial charge is 0.265 e. The number of nitrogens with one attached hydrogen (secondary N) is 1. The largest absolute Gasteiger partial charge is 0.321 e. The Morgan fingerprint density at radius 3 is 2.58 bits per heavy atom. The number of hydrogen-bond acceptors (Lipinski definition) is 4. The van der Waals surface area contributed by atoms with Crippen LogP contribution in [0.4, 0.5) is 5.69 Å². The summed E-state index contributed by atoms with van der Waals surface area (Å²) < 4.78 is 26.9. The van der Waals surface area contributed by atoms with Gasteiger partial charge >= 0.3 is 0 Å². The zero-order valence-corrected chi connectivity index (χ0v) is 17.0. The van der Waals surface area contributed by atoms with Crippen molar-refractivity contribution in [1.29, 1.82) is 0 Å². The summed E-state index contributed by atoms with van der Waals surface area (Å²) in [7, 11) is -3.55. The maximum Gasteiger partial charge on any atom is 0.265 e. The van der Waals surface area contributed by atoms with Crippen molar-refractivity contribution in [3.63, 3.8) is 0 Å². The second-order valence-electron chi connectivity index (χ2n) is 6.43. The van der Waals surface area contributed by atoms with Gasteiger partial charge < -0.3 is 5.32 Å². The third-order valence-corrected chi connectivity index (χ3v) is 8.05. The summed E-state index contributed by atoms with van der Waals surface area (Å²) in [6.07, 6.45) is 3.24. The Kier molecular flexibility index (Phi) is 5.50. The van der Waals surface area contributed by atoms with E-state index in [9.17, 15) is 13.2 Å². The normalized spacial score (nSPS) is 13.8. The average Bonchev–Trinajstić information content (AvgIpc) is 3.19. The molecule has 5 nitrogen and oxygen atoms in total. The Balaban J connectivity index is 1.87. The molecule has 1 aliphatic rings. The van der Waals surface area contributed by atoms with E-state index in [0.717, 1.165) is 24.8 Å². The van der Waals surface area contributed by atoms with Crippen LogP contribution in [0, 0.1) is 6.92 Å². The van der Waals surface area contributed by atoms with Gasteiger partial charge in [-0.05, 0) is 55.5 Å². The summed E-state index contributed by atoms with van der Waals surface area (Å²) in [6, 6.07) is 6.86. The topological polar surface area (TPSA) is 66.5 Å². The van der Waals surface area contributed by atoms with E-state index in [0.29, 0.717) is 23.7 Å². The first-order valence-corrected chi connectivity index (χ1v) is 11.2. The van der Waals surface area contributed by atoms with Gasteiger partial charge in [0.2, 0.25) is 10.0 Å². The molecule has 1 aromatic carbocycles. The van der Waals surface area contributed by atoms with Crippen molar-refractivity contribution < 1.29 is 13.2 Å². The van der Waals surface area contributed by atoms with Gasteiger partial charge in [-0.25, -0.2) is 8.42 Å². The molecule has 140 valence electrons.